The van der Waals surface area contributed by atoms with Gasteiger partial charge in [0.05, 0.1) is 11.6 Å². The minimum atomic E-state index is -0.924. The monoisotopic (exact) mass is 250 g/mol. The van der Waals surface area contributed by atoms with Gasteiger partial charge in [0, 0.05) is 25.6 Å². The highest BCUT2D eigenvalue weighted by atomic mass is 16.5. The summed E-state index contributed by atoms with van der Waals surface area (Å²) in [5.74, 6) is -0.853. The molecule has 0 radical (unpaired) electrons. The molecule has 0 bridgehead atoms. The molecule has 0 saturated carbocycles. The van der Waals surface area contributed by atoms with E-state index in [-0.39, 0.29) is 17.5 Å². The van der Waals surface area contributed by atoms with Crippen LogP contribution in [-0.4, -0.2) is 47.0 Å². The molecule has 98 valence electrons. The fourth-order valence-electron chi connectivity index (χ4n) is 2.33. The van der Waals surface area contributed by atoms with Crippen molar-refractivity contribution in [2.24, 2.45) is 0 Å². The summed E-state index contributed by atoms with van der Waals surface area (Å²) in [6.07, 6.45) is 0. The maximum absolute atomic E-state index is 10.9. The van der Waals surface area contributed by atoms with E-state index in [1.54, 1.807) is 18.2 Å². The summed E-state index contributed by atoms with van der Waals surface area (Å²) in [5.41, 5.74) is 1.22. The predicted octanol–water partition coefficient (Wildman–Crippen LogP) is 1.15. The van der Waals surface area contributed by atoms with Gasteiger partial charge in [-0.25, -0.2) is 4.79 Å². The number of rotatable bonds is 3. The lowest BCUT2D eigenvalue weighted by Crippen LogP contribution is -2.51. The Kier molecular flexibility index (Phi) is 3.96. The zero-order chi connectivity index (χ0) is 13.1. The molecule has 5 nitrogen and oxygen atoms in total. The van der Waals surface area contributed by atoms with Crippen molar-refractivity contribution in [3.63, 3.8) is 0 Å². The van der Waals surface area contributed by atoms with Crippen molar-refractivity contribution in [3.8, 4) is 0 Å². The van der Waals surface area contributed by atoms with Crippen LogP contribution in [0.1, 0.15) is 28.8 Å². The lowest BCUT2D eigenvalue weighted by Gasteiger charge is -2.35. The average Bonchev–Trinajstić information content (AvgIpc) is 2.38. The Labute approximate surface area is 106 Å². The summed E-state index contributed by atoms with van der Waals surface area (Å²) in [7, 11) is 0. The van der Waals surface area contributed by atoms with E-state index < -0.39 is 5.97 Å². The van der Waals surface area contributed by atoms with Gasteiger partial charge < -0.3 is 15.6 Å². The smallest absolute Gasteiger partial charge is 0.335 e. The van der Waals surface area contributed by atoms with Crippen LogP contribution in [0.5, 0.6) is 0 Å². The van der Waals surface area contributed by atoms with Crippen LogP contribution in [0.4, 0.5) is 0 Å². The van der Waals surface area contributed by atoms with Gasteiger partial charge >= 0.3 is 5.97 Å². The third-order valence-corrected chi connectivity index (χ3v) is 3.49. The van der Waals surface area contributed by atoms with Crippen LogP contribution in [0.25, 0.3) is 0 Å². The van der Waals surface area contributed by atoms with Crippen molar-refractivity contribution in [2.75, 3.05) is 19.6 Å². The number of aromatic carboxylic acids is 1. The molecule has 0 amide bonds. The highest BCUT2D eigenvalue weighted by molar-refractivity contribution is 5.87. The molecule has 1 saturated heterocycles. The number of nitrogens with one attached hydrogen (secondary N) is 1. The van der Waals surface area contributed by atoms with Gasteiger partial charge in [0.25, 0.3) is 0 Å². The molecule has 0 aliphatic carbocycles. The molecule has 2 unspecified atom stereocenters. The largest absolute Gasteiger partial charge is 0.478 e. The Morgan fingerprint density at radius 1 is 1.56 bits per heavy atom. The molecule has 1 aromatic rings. The lowest BCUT2D eigenvalue weighted by atomic mass is 9.91. The van der Waals surface area contributed by atoms with Crippen LogP contribution < -0.4 is 5.32 Å². The summed E-state index contributed by atoms with van der Waals surface area (Å²) in [4.78, 5) is 10.9. The molecular formula is C13H18N2O3. The fraction of sp³-hybridized carbons (Fsp3) is 0.462. The van der Waals surface area contributed by atoms with Gasteiger partial charge in [0.1, 0.15) is 0 Å². The second kappa shape index (κ2) is 5.48. The average molecular weight is 250 g/mol. The Morgan fingerprint density at radius 3 is 3.00 bits per heavy atom. The van der Waals surface area contributed by atoms with E-state index in [9.17, 15) is 10.0 Å². The molecule has 3 N–H and O–H groups in total. The van der Waals surface area contributed by atoms with Crippen LogP contribution in [0, 0.1) is 0 Å². The van der Waals surface area contributed by atoms with Gasteiger partial charge in [-0.2, -0.15) is 5.06 Å². The van der Waals surface area contributed by atoms with E-state index in [0.717, 1.165) is 12.1 Å². The van der Waals surface area contributed by atoms with E-state index >= 15 is 0 Å². The van der Waals surface area contributed by atoms with Crippen molar-refractivity contribution in [1.82, 2.24) is 10.4 Å². The van der Waals surface area contributed by atoms with E-state index in [2.05, 4.69) is 5.32 Å². The fourth-order valence-corrected chi connectivity index (χ4v) is 2.33. The van der Waals surface area contributed by atoms with Crippen molar-refractivity contribution in [2.45, 2.75) is 18.9 Å². The number of piperazine rings is 1. The molecule has 0 aromatic heterocycles. The first-order valence-electron chi connectivity index (χ1n) is 6.09. The molecule has 2 rings (SSSR count). The first-order valence-corrected chi connectivity index (χ1v) is 6.09. The summed E-state index contributed by atoms with van der Waals surface area (Å²) >= 11 is 0. The summed E-state index contributed by atoms with van der Waals surface area (Å²) in [5, 5.41) is 23.4. The van der Waals surface area contributed by atoms with Gasteiger partial charge in [-0.1, -0.05) is 19.1 Å². The Balaban J connectivity index is 2.19. The van der Waals surface area contributed by atoms with Crippen LogP contribution in [0.15, 0.2) is 24.3 Å². The van der Waals surface area contributed by atoms with E-state index in [1.807, 2.05) is 13.0 Å². The van der Waals surface area contributed by atoms with Crippen molar-refractivity contribution < 1.29 is 15.1 Å². The van der Waals surface area contributed by atoms with Gasteiger partial charge in [0.2, 0.25) is 0 Å². The topological polar surface area (TPSA) is 72.8 Å². The third-order valence-electron chi connectivity index (χ3n) is 3.49. The number of hydrogen-bond donors (Lipinski definition) is 3. The second-order valence-corrected chi connectivity index (χ2v) is 4.65. The van der Waals surface area contributed by atoms with E-state index in [1.165, 1.54) is 5.06 Å². The number of nitrogens with zero attached hydrogens (tertiary/aromatic N) is 1. The zero-order valence-corrected chi connectivity index (χ0v) is 10.3. The number of carboxylic acid groups (broad SMARTS) is 1. The molecule has 18 heavy (non-hydrogen) atoms. The molecule has 1 aliphatic heterocycles. The number of carboxylic acids is 1. The number of hydroxylamine groups is 2. The summed E-state index contributed by atoms with van der Waals surface area (Å²) in [6, 6.07) is 6.87. The lowest BCUT2D eigenvalue weighted by molar-refractivity contribution is -0.141. The normalized spacial score (nSPS) is 22.7. The second-order valence-electron chi connectivity index (χ2n) is 4.65. The molecular weight excluding hydrogens is 232 g/mol. The van der Waals surface area contributed by atoms with Crippen LogP contribution in [0.3, 0.4) is 0 Å². The molecule has 0 spiro atoms. The molecule has 2 atom stereocenters. The van der Waals surface area contributed by atoms with Crippen molar-refractivity contribution in [1.29, 1.82) is 0 Å². The standard InChI is InChI=1S/C13H18N2O3/c1-9(12-8-14-5-6-15(12)18)10-3-2-4-11(7-10)13(16)17/h2-4,7,9,12,14,18H,5-6,8H2,1H3,(H,16,17). The SMILES string of the molecule is CC(c1cccc(C(=O)O)c1)C1CNCCN1O. The molecule has 1 aromatic carbocycles. The van der Waals surface area contributed by atoms with E-state index in [0.29, 0.717) is 13.1 Å². The molecule has 1 heterocycles. The van der Waals surface area contributed by atoms with Crippen LogP contribution in [0.2, 0.25) is 0 Å². The van der Waals surface area contributed by atoms with Crippen molar-refractivity contribution >= 4 is 5.97 Å². The maximum atomic E-state index is 10.9. The number of carbonyl (C=O) groups is 1. The third kappa shape index (κ3) is 2.69. The minimum absolute atomic E-state index is 0.0252. The Bertz CT molecular complexity index is 436. The van der Waals surface area contributed by atoms with Crippen molar-refractivity contribution in [3.05, 3.63) is 35.4 Å². The number of benzene rings is 1. The molecule has 5 heteroatoms. The zero-order valence-electron chi connectivity index (χ0n) is 10.3. The minimum Gasteiger partial charge on any atom is -0.478 e. The van der Waals surface area contributed by atoms with Gasteiger partial charge in [-0.3, -0.25) is 0 Å². The number of hydrogen-bond acceptors (Lipinski definition) is 4. The Morgan fingerprint density at radius 2 is 2.33 bits per heavy atom. The quantitative estimate of drug-likeness (QED) is 0.750. The van der Waals surface area contributed by atoms with Gasteiger partial charge in [-0.15, -0.1) is 0 Å². The first kappa shape index (κ1) is 13.0. The van der Waals surface area contributed by atoms with E-state index in [4.69, 9.17) is 5.11 Å². The maximum Gasteiger partial charge on any atom is 0.335 e. The summed E-state index contributed by atoms with van der Waals surface area (Å²) in [6.45, 7) is 4.07. The van der Waals surface area contributed by atoms with Gasteiger partial charge in [-0.05, 0) is 17.7 Å². The summed E-state index contributed by atoms with van der Waals surface area (Å²) < 4.78 is 0. The van der Waals surface area contributed by atoms with Gasteiger partial charge in [0.15, 0.2) is 0 Å². The highest BCUT2D eigenvalue weighted by Crippen LogP contribution is 2.24. The van der Waals surface area contributed by atoms with Crippen LogP contribution in [-0.2, 0) is 0 Å². The first-order chi connectivity index (χ1) is 8.59. The molecule has 1 aliphatic rings. The molecule has 1 fully saturated rings. The Hall–Kier alpha value is -1.43. The predicted molar refractivity (Wildman–Crippen MR) is 67.0 cm³/mol. The van der Waals surface area contributed by atoms with Crippen LogP contribution >= 0.6 is 0 Å². The highest BCUT2D eigenvalue weighted by Gasteiger charge is 2.27.